The maximum Gasteiger partial charge on any atom is 0.243 e. The maximum atomic E-state index is 12.8. The standard InChI is InChI=1S/C16H19N7O3S/c1-11-9-23(10-12(2)26-11)27(24,25)15-5-3-14(4-6-15)18-8-13(7-17)16-19-21-22-20-16/h3-6,8,11-12,18H,9-10H2,1-2H3,(H,19,20,21,22). The highest BCUT2D eigenvalue weighted by molar-refractivity contribution is 7.89. The molecule has 2 N–H and O–H groups in total. The van der Waals surface area contributed by atoms with Crippen molar-refractivity contribution >= 4 is 21.3 Å². The van der Waals surface area contributed by atoms with Gasteiger partial charge in [0.25, 0.3) is 0 Å². The zero-order valence-electron chi connectivity index (χ0n) is 14.8. The summed E-state index contributed by atoms with van der Waals surface area (Å²) in [6.07, 6.45) is 1.13. The van der Waals surface area contributed by atoms with E-state index in [9.17, 15) is 8.42 Å². The lowest BCUT2D eigenvalue weighted by atomic mass is 10.3. The fraction of sp³-hybridized carbons (Fsp3) is 0.375. The van der Waals surface area contributed by atoms with Gasteiger partial charge in [-0.25, -0.2) is 8.42 Å². The van der Waals surface area contributed by atoms with E-state index in [2.05, 4.69) is 25.9 Å². The molecule has 0 bridgehead atoms. The van der Waals surface area contributed by atoms with Gasteiger partial charge in [-0.1, -0.05) is 0 Å². The third kappa shape index (κ3) is 4.30. The largest absolute Gasteiger partial charge is 0.373 e. The molecule has 10 nitrogen and oxygen atoms in total. The van der Waals surface area contributed by atoms with E-state index >= 15 is 0 Å². The third-order valence-electron chi connectivity index (χ3n) is 3.97. The number of benzene rings is 1. The number of anilines is 1. The van der Waals surface area contributed by atoms with E-state index in [-0.39, 0.29) is 28.5 Å². The summed E-state index contributed by atoms with van der Waals surface area (Å²) in [6, 6.07) is 8.26. The van der Waals surface area contributed by atoms with Crippen molar-refractivity contribution in [2.75, 3.05) is 18.4 Å². The Morgan fingerprint density at radius 2 is 2.00 bits per heavy atom. The number of morpholine rings is 1. The monoisotopic (exact) mass is 389 g/mol. The molecular weight excluding hydrogens is 370 g/mol. The van der Waals surface area contributed by atoms with E-state index in [1.54, 1.807) is 12.1 Å². The lowest BCUT2D eigenvalue weighted by molar-refractivity contribution is -0.0440. The molecule has 0 amide bonds. The van der Waals surface area contributed by atoms with Crippen LogP contribution in [0.3, 0.4) is 0 Å². The Labute approximate surface area is 156 Å². The van der Waals surface area contributed by atoms with E-state index in [1.807, 2.05) is 19.9 Å². The van der Waals surface area contributed by atoms with Gasteiger partial charge in [0.15, 0.2) is 0 Å². The summed E-state index contributed by atoms with van der Waals surface area (Å²) in [5, 5.41) is 25.2. The first-order valence-electron chi connectivity index (χ1n) is 8.26. The molecule has 0 saturated carbocycles. The summed E-state index contributed by atoms with van der Waals surface area (Å²) in [5.41, 5.74) is 0.811. The molecule has 3 rings (SSSR count). The molecule has 2 unspecified atom stereocenters. The Morgan fingerprint density at radius 3 is 2.56 bits per heavy atom. The van der Waals surface area contributed by atoms with E-state index in [0.717, 1.165) is 0 Å². The average molecular weight is 389 g/mol. The van der Waals surface area contributed by atoms with Gasteiger partial charge < -0.3 is 10.1 Å². The van der Waals surface area contributed by atoms with E-state index in [4.69, 9.17) is 10.00 Å². The van der Waals surface area contributed by atoms with Gasteiger partial charge in [-0.15, -0.1) is 10.2 Å². The van der Waals surface area contributed by atoms with Crippen LogP contribution in [0.25, 0.3) is 5.57 Å². The Morgan fingerprint density at radius 1 is 1.33 bits per heavy atom. The van der Waals surface area contributed by atoms with Gasteiger partial charge in [-0.2, -0.15) is 14.8 Å². The second-order valence-corrected chi connectivity index (χ2v) is 8.09. The molecule has 27 heavy (non-hydrogen) atoms. The number of rotatable bonds is 5. The number of nitriles is 1. The van der Waals surface area contributed by atoms with Gasteiger partial charge in [-0.05, 0) is 43.3 Å². The summed E-state index contributed by atoms with van der Waals surface area (Å²) in [7, 11) is -3.59. The summed E-state index contributed by atoms with van der Waals surface area (Å²) in [4.78, 5) is 0.206. The van der Waals surface area contributed by atoms with Crippen LogP contribution >= 0.6 is 0 Å². The Bertz CT molecular complexity index is 939. The molecule has 1 aliphatic heterocycles. The molecule has 2 aromatic rings. The lowest BCUT2D eigenvalue weighted by Gasteiger charge is -2.34. The van der Waals surface area contributed by atoms with Crippen LogP contribution in [0.1, 0.15) is 19.7 Å². The quantitative estimate of drug-likeness (QED) is 0.722. The molecule has 0 radical (unpaired) electrons. The number of aromatic amines is 1. The maximum absolute atomic E-state index is 12.8. The fourth-order valence-corrected chi connectivity index (χ4v) is 4.37. The van der Waals surface area contributed by atoms with Crippen LogP contribution in [0.2, 0.25) is 0 Å². The number of sulfonamides is 1. The van der Waals surface area contributed by atoms with Crippen LogP contribution < -0.4 is 5.32 Å². The van der Waals surface area contributed by atoms with Crippen molar-refractivity contribution in [1.29, 1.82) is 5.26 Å². The second-order valence-electron chi connectivity index (χ2n) is 6.15. The number of H-pyrrole nitrogens is 1. The molecule has 142 valence electrons. The molecular formula is C16H19N7O3S. The second kappa shape index (κ2) is 7.83. The van der Waals surface area contributed by atoms with E-state index < -0.39 is 10.0 Å². The van der Waals surface area contributed by atoms with Crippen molar-refractivity contribution in [1.82, 2.24) is 24.9 Å². The minimum atomic E-state index is -3.59. The van der Waals surface area contributed by atoms with Crippen LogP contribution in [-0.4, -0.2) is 58.6 Å². The first-order chi connectivity index (χ1) is 12.9. The number of allylic oxidation sites excluding steroid dienone is 1. The van der Waals surface area contributed by atoms with Crippen LogP contribution in [-0.2, 0) is 14.8 Å². The van der Waals surface area contributed by atoms with Crippen molar-refractivity contribution in [2.45, 2.75) is 31.0 Å². The highest BCUT2D eigenvalue weighted by Gasteiger charge is 2.32. The average Bonchev–Trinajstić information content (AvgIpc) is 3.16. The molecule has 1 aliphatic rings. The predicted octanol–water partition coefficient (Wildman–Crippen LogP) is 0.974. The summed E-state index contributed by atoms with van der Waals surface area (Å²) >= 11 is 0. The number of nitrogens with zero attached hydrogens (tertiary/aromatic N) is 5. The molecule has 1 aromatic carbocycles. The van der Waals surface area contributed by atoms with Crippen molar-refractivity contribution in [3.8, 4) is 6.07 Å². The SMILES string of the molecule is CC1CN(S(=O)(=O)c2ccc(NC=C(C#N)c3nn[nH]n3)cc2)CC(C)O1. The molecule has 1 saturated heterocycles. The van der Waals surface area contributed by atoms with Gasteiger partial charge in [0, 0.05) is 25.0 Å². The molecule has 11 heteroatoms. The van der Waals surface area contributed by atoms with Crippen LogP contribution in [0.4, 0.5) is 5.69 Å². The number of hydrogen-bond donors (Lipinski definition) is 2. The number of ether oxygens (including phenoxy) is 1. The summed E-state index contributed by atoms with van der Waals surface area (Å²) in [6.45, 7) is 4.36. The zero-order valence-corrected chi connectivity index (χ0v) is 15.6. The summed E-state index contributed by atoms with van der Waals surface area (Å²) in [5.74, 6) is 0.166. The highest BCUT2D eigenvalue weighted by atomic mass is 32.2. The zero-order chi connectivity index (χ0) is 19.4. The van der Waals surface area contributed by atoms with Crippen molar-refractivity contribution in [3.05, 3.63) is 36.3 Å². The van der Waals surface area contributed by atoms with Crippen LogP contribution in [0.15, 0.2) is 35.4 Å². The van der Waals surface area contributed by atoms with Crippen molar-refractivity contribution in [2.24, 2.45) is 0 Å². The minimum Gasteiger partial charge on any atom is -0.373 e. The summed E-state index contributed by atoms with van der Waals surface area (Å²) < 4.78 is 32.7. The van der Waals surface area contributed by atoms with E-state index in [0.29, 0.717) is 18.8 Å². The number of aromatic nitrogens is 4. The molecule has 1 fully saturated rings. The number of hydrogen-bond acceptors (Lipinski definition) is 8. The van der Waals surface area contributed by atoms with Gasteiger partial charge >= 0.3 is 0 Å². The van der Waals surface area contributed by atoms with Gasteiger partial charge in [-0.3, -0.25) is 0 Å². The molecule has 1 aromatic heterocycles. The Balaban J connectivity index is 1.74. The molecule has 0 aliphatic carbocycles. The number of nitrogens with one attached hydrogen (secondary N) is 2. The molecule has 0 spiro atoms. The lowest BCUT2D eigenvalue weighted by Crippen LogP contribution is -2.48. The van der Waals surface area contributed by atoms with Gasteiger partial charge in [0.1, 0.15) is 11.6 Å². The Kier molecular flexibility index (Phi) is 5.50. The fourth-order valence-electron chi connectivity index (χ4n) is 2.78. The van der Waals surface area contributed by atoms with Crippen LogP contribution in [0.5, 0.6) is 0 Å². The van der Waals surface area contributed by atoms with Gasteiger partial charge in [0.2, 0.25) is 15.8 Å². The van der Waals surface area contributed by atoms with Crippen molar-refractivity contribution < 1.29 is 13.2 Å². The first-order valence-corrected chi connectivity index (χ1v) is 9.70. The normalized spacial score (nSPS) is 21.6. The van der Waals surface area contributed by atoms with Gasteiger partial charge in [0.05, 0.1) is 17.1 Å². The molecule has 2 atom stereocenters. The molecule has 2 heterocycles. The topological polar surface area (TPSA) is 137 Å². The van der Waals surface area contributed by atoms with E-state index in [1.165, 1.54) is 22.6 Å². The number of tetrazole rings is 1. The predicted molar refractivity (Wildman–Crippen MR) is 96.6 cm³/mol. The smallest absolute Gasteiger partial charge is 0.243 e. The van der Waals surface area contributed by atoms with Crippen molar-refractivity contribution in [3.63, 3.8) is 0 Å². The Hall–Kier alpha value is -2.81. The first kappa shape index (κ1) is 19.0. The third-order valence-corrected chi connectivity index (χ3v) is 5.81. The highest BCUT2D eigenvalue weighted by Crippen LogP contribution is 2.22. The van der Waals surface area contributed by atoms with Crippen LogP contribution in [0, 0.1) is 11.3 Å². The minimum absolute atomic E-state index is 0.149.